The summed E-state index contributed by atoms with van der Waals surface area (Å²) >= 11 is 0. The fraction of sp³-hybridized carbons (Fsp3) is 0.773. The van der Waals surface area contributed by atoms with Crippen LogP contribution in [0.5, 0.6) is 0 Å². The van der Waals surface area contributed by atoms with E-state index < -0.39 is 26.5 Å². The molecule has 0 aliphatic rings. The van der Waals surface area contributed by atoms with Gasteiger partial charge in [-0.05, 0) is 51.4 Å². The Morgan fingerprint density at radius 3 is 1.43 bits per heavy atom. The number of allylic oxidation sites excluding steroid dienone is 8. The van der Waals surface area contributed by atoms with Crippen molar-refractivity contribution in [3.8, 4) is 0 Å². The maximum atomic E-state index is 12.5. The van der Waals surface area contributed by atoms with Gasteiger partial charge in [0, 0.05) is 20.0 Å². The number of phosphoric ester groups is 1. The Balaban J connectivity index is 4.02. The van der Waals surface area contributed by atoms with Crippen LogP contribution >= 0.6 is 7.82 Å². The lowest BCUT2D eigenvalue weighted by Crippen LogP contribution is -2.29. The van der Waals surface area contributed by atoms with Crippen molar-refractivity contribution >= 4 is 19.8 Å². The highest BCUT2D eigenvalue weighted by Crippen LogP contribution is 2.42. The minimum absolute atomic E-state index is 0.229. The summed E-state index contributed by atoms with van der Waals surface area (Å²) in [6, 6.07) is 0. The van der Waals surface area contributed by atoms with Crippen LogP contribution in [0, 0.1) is 0 Å². The molecule has 0 rings (SSSR count). The summed E-state index contributed by atoms with van der Waals surface area (Å²) in [7, 11) is -3.21. The van der Waals surface area contributed by atoms with Crippen LogP contribution in [0.15, 0.2) is 48.6 Å². The lowest BCUT2D eigenvalue weighted by atomic mass is 10.0. The van der Waals surface area contributed by atoms with Crippen LogP contribution in [0.25, 0.3) is 0 Å². The number of hydrogen-bond donors (Lipinski definition) is 1. The van der Waals surface area contributed by atoms with Crippen molar-refractivity contribution in [2.75, 3.05) is 20.3 Å². The van der Waals surface area contributed by atoms with Crippen LogP contribution < -0.4 is 0 Å². The second-order valence-electron chi connectivity index (χ2n) is 14.1. The monoisotopic (exact) mass is 767 g/mol. The largest absolute Gasteiger partial charge is 0.472 e. The van der Waals surface area contributed by atoms with E-state index in [0.717, 1.165) is 90.6 Å². The molecule has 0 saturated heterocycles. The van der Waals surface area contributed by atoms with E-state index in [0.29, 0.717) is 12.8 Å². The van der Waals surface area contributed by atoms with E-state index >= 15 is 0 Å². The average molecular weight is 767 g/mol. The maximum Gasteiger partial charge on any atom is 0.472 e. The van der Waals surface area contributed by atoms with E-state index in [1.165, 1.54) is 77.0 Å². The molecular weight excluding hydrogens is 687 g/mol. The van der Waals surface area contributed by atoms with Gasteiger partial charge in [0.15, 0.2) is 6.10 Å². The standard InChI is InChI=1S/C44H79O8P/c1-4-6-8-10-12-14-16-18-20-21-22-23-25-27-29-31-33-35-37-39-44(46)52-42(41-51-53(47,48)49-3)40-50-43(45)38-36-34-32-30-28-26-24-19-17-15-13-11-9-7-5-2/h6,8,12,14,18,20,22-23,42H,4-5,7,9-11,13,15-17,19,21,24-41H2,1-3H3,(H,47,48)/b8-6-,14-12-,20-18-,23-22-. The quantitative estimate of drug-likeness (QED) is 0.0285. The van der Waals surface area contributed by atoms with Gasteiger partial charge in [-0.2, -0.15) is 0 Å². The first kappa shape index (κ1) is 51.0. The molecule has 0 heterocycles. The number of phosphoric acid groups is 1. The summed E-state index contributed by atoms with van der Waals surface area (Å²) < 4.78 is 32.0. The van der Waals surface area contributed by atoms with E-state index in [4.69, 9.17) is 14.0 Å². The second kappa shape index (κ2) is 39.7. The molecule has 0 radical (unpaired) electrons. The van der Waals surface area contributed by atoms with Crippen molar-refractivity contribution < 1.29 is 37.6 Å². The number of esters is 2. The van der Waals surface area contributed by atoms with Crippen LogP contribution in [-0.4, -0.2) is 43.3 Å². The molecule has 2 unspecified atom stereocenters. The van der Waals surface area contributed by atoms with Crippen molar-refractivity contribution in [3.05, 3.63) is 48.6 Å². The predicted octanol–water partition coefficient (Wildman–Crippen LogP) is 13.4. The van der Waals surface area contributed by atoms with Gasteiger partial charge in [0.05, 0.1) is 6.61 Å². The minimum Gasteiger partial charge on any atom is -0.462 e. The molecule has 1 N–H and O–H groups in total. The smallest absolute Gasteiger partial charge is 0.462 e. The van der Waals surface area contributed by atoms with Crippen molar-refractivity contribution in [1.29, 1.82) is 0 Å². The van der Waals surface area contributed by atoms with E-state index in [9.17, 15) is 19.0 Å². The number of rotatable bonds is 39. The summed E-state index contributed by atoms with van der Waals surface area (Å²) in [5.74, 6) is -0.816. The van der Waals surface area contributed by atoms with Crippen molar-refractivity contribution in [1.82, 2.24) is 0 Å². The van der Waals surface area contributed by atoms with Crippen LogP contribution in [0.4, 0.5) is 0 Å². The molecule has 0 spiro atoms. The Morgan fingerprint density at radius 2 is 0.962 bits per heavy atom. The molecule has 8 nitrogen and oxygen atoms in total. The van der Waals surface area contributed by atoms with Gasteiger partial charge in [-0.15, -0.1) is 0 Å². The van der Waals surface area contributed by atoms with Crippen LogP contribution in [0.1, 0.15) is 194 Å². The van der Waals surface area contributed by atoms with E-state index in [2.05, 4.69) is 67.0 Å². The Kier molecular flexibility index (Phi) is 38.2. The zero-order valence-corrected chi connectivity index (χ0v) is 35.1. The molecule has 0 bridgehead atoms. The SMILES string of the molecule is CC/C=C\C/C=C\C/C=C\C/C=C\CCCCCCCCC(=O)OC(COC(=O)CCCCCCCCCCCCCCCCC)COP(=O)(O)OC. The zero-order chi connectivity index (χ0) is 38.9. The zero-order valence-electron chi connectivity index (χ0n) is 34.2. The average Bonchev–Trinajstić information content (AvgIpc) is 3.15. The summed E-state index contributed by atoms with van der Waals surface area (Å²) in [5.41, 5.74) is 0. The third kappa shape index (κ3) is 39.5. The van der Waals surface area contributed by atoms with E-state index in [-0.39, 0.29) is 19.0 Å². The number of carbonyl (C=O) groups is 2. The first-order valence-electron chi connectivity index (χ1n) is 21.3. The molecule has 53 heavy (non-hydrogen) atoms. The fourth-order valence-corrected chi connectivity index (χ4v) is 6.29. The van der Waals surface area contributed by atoms with Crippen LogP contribution in [-0.2, 0) is 32.7 Å². The van der Waals surface area contributed by atoms with Gasteiger partial charge in [0.25, 0.3) is 0 Å². The van der Waals surface area contributed by atoms with Gasteiger partial charge in [-0.25, -0.2) is 4.57 Å². The minimum atomic E-state index is -4.26. The Hall–Kier alpha value is -1.99. The van der Waals surface area contributed by atoms with Crippen LogP contribution in [0.2, 0.25) is 0 Å². The molecule has 0 saturated carbocycles. The van der Waals surface area contributed by atoms with Crippen molar-refractivity contribution in [2.45, 2.75) is 200 Å². The van der Waals surface area contributed by atoms with Gasteiger partial charge < -0.3 is 14.4 Å². The maximum absolute atomic E-state index is 12.5. The highest BCUT2D eigenvalue weighted by Gasteiger charge is 2.24. The molecule has 308 valence electrons. The molecule has 9 heteroatoms. The first-order valence-corrected chi connectivity index (χ1v) is 22.8. The third-order valence-electron chi connectivity index (χ3n) is 9.09. The molecule has 0 aromatic carbocycles. The molecule has 0 fully saturated rings. The third-order valence-corrected chi connectivity index (χ3v) is 10.0. The van der Waals surface area contributed by atoms with Crippen LogP contribution in [0.3, 0.4) is 0 Å². The number of hydrogen-bond acceptors (Lipinski definition) is 7. The van der Waals surface area contributed by atoms with E-state index in [1.54, 1.807) is 0 Å². The molecule has 0 aromatic heterocycles. The highest BCUT2D eigenvalue weighted by atomic mass is 31.2. The van der Waals surface area contributed by atoms with Crippen molar-refractivity contribution in [3.63, 3.8) is 0 Å². The molecule has 0 aliphatic carbocycles. The highest BCUT2D eigenvalue weighted by molar-refractivity contribution is 7.47. The topological polar surface area (TPSA) is 108 Å². The molecule has 0 amide bonds. The van der Waals surface area contributed by atoms with Gasteiger partial charge >= 0.3 is 19.8 Å². The number of unbranched alkanes of at least 4 members (excludes halogenated alkanes) is 20. The molecule has 0 aromatic rings. The number of carbonyl (C=O) groups excluding carboxylic acids is 2. The lowest BCUT2D eigenvalue weighted by Gasteiger charge is -2.19. The lowest BCUT2D eigenvalue weighted by molar-refractivity contribution is -0.161. The predicted molar refractivity (Wildman–Crippen MR) is 221 cm³/mol. The summed E-state index contributed by atoms with van der Waals surface area (Å²) in [4.78, 5) is 34.5. The van der Waals surface area contributed by atoms with Gasteiger partial charge in [-0.3, -0.25) is 18.6 Å². The second-order valence-corrected chi connectivity index (χ2v) is 15.7. The fourth-order valence-electron chi connectivity index (χ4n) is 5.83. The Labute approximate surface area is 325 Å². The first-order chi connectivity index (χ1) is 25.8. The summed E-state index contributed by atoms with van der Waals surface area (Å²) in [5, 5.41) is 0. The van der Waals surface area contributed by atoms with Crippen molar-refractivity contribution in [2.24, 2.45) is 0 Å². The van der Waals surface area contributed by atoms with Gasteiger partial charge in [0.2, 0.25) is 0 Å². The van der Waals surface area contributed by atoms with Gasteiger partial charge in [-0.1, -0.05) is 178 Å². The molecule has 0 aliphatic heterocycles. The summed E-state index contributed by atoms with van der Waals surface area (Å²) in [6.45, 7) is 3.77. The molecule has 2 atom stereocenters. The summed E-state index contributed by atoms with van der Waals surface area (Å²) in [6.07, 6.45) is 47.3. The van der Waals surface area contributed by atoms with E-state index in [1.807, 2.05) is 0 Å². The Morgan fingerprint density at radius 1 is 0.547 bits per heavy atom. The number of ether oxygens (including phenoxy) is 2. The Bertz CT molecular complexity index is 1010. The van der Waals surface area contributed by atoms with Gasteiger partial charge in [0.1, 0.15) is 6.61 Å². The normalized spacial score (nSPS) is 13.8. The molecular formula is C44H79O8P.